The Kier molecular flexibility index (Phi) is 5.76. The third-order valence-corrected chi connectivity index (χ3v) is 3.98. The molecule has 0 atom stereocenters. The maximum atomic E-state index is 11.8. The van der Waals surface area contributed by atoms with Crippen LogP contribution in [0.25, 0.3) is 0 Å². The molecule has 23 heavy (non-hydrogen) atoms. The second kappa shape index (κ2) is 7.78. The number of nitrogens with one attached hydrogen (secondary N) is 1. The topological polar surface area (TPSA) is 75.6 Å². The van der Waals surface area contributed by atoms with Gasteiger partial charge in [0, 0.05) is 10.2 Å². The van der Waals surface area contributed by atoms with E-state index in [1.807, 2.05) is 19.1 Å². The Hall–Kier alpha value is -2.34. The summed E-state index contributed by atoms with van der Waals surface area (Å²) in [6.07, 6.45) is 0.0466. The van der Waals surface area contributed by atoms with Gasteiger partial charge in [-0.1, -0.05) is 28.1 Å². The molecule has 0 bridgehead atoms. The fourth-order valence-corrected chi connectivity index (χ4v) is 2.14. The van der Waals surface area contributed by atoms with Gasteiger partial charge in [-0.3, -0.25) is 9.59 Å². The van der Waals surface area contributed by atoms with Crippen molar-refractivity contribution < 1.29 is 19.4 Å². The maximum Gasteiger partial charge on any atom is 0.310 e. The minimum Gasteiger partial charge on any atom is -0.508 e. The molecule has 2 rings (SSSR count). The van der Waals surface area contributed by atoms with Crippen molar-refractivity contribution in [3.8, 4) is 5.75 Å². The number of aryl methyl sites for hydroxylation is 1. The second-order valence-electron chi connectivity index (χ2n) is 5.02. The molecule has 2 aromatic carbocycles. The molecule has 2 N–H and O–H groups in total. The number of rotatable bonds is 5. The first-order valence-corrected chi connectivity index (χ1v) is 7.73. The Balaban J connectivity index is 1.80. The van der Waals surface area contributed by atoms with E-state index in [1.165, 1.54) is 12.1 Å². The lowest BCUT2D eigenvalue weighted by atomic mass is 10.1. The van der Waals surface area contributed by atoms with Crippen LogP contribution in [0.5, 0.6) is 5.75 Å². The van der Waals surface area contributed by atoms with Gasteiger partial charge in [0.1, 0.15) is 5.75 Å². The summed E-state index contributed by atoms with van der Waals surface area (Å²) in [5, 5.41) is 11.8. The van der Waals surface area contributed by atoms with E-state index in [0.717, 1.165) is 10.0 Å². The molecule has 0 aromatic heterocycles. The molecular weight excluding hydrogens is 362 g/mol. The zero-order valence-electron chi connectivity index (χ0n) is 12.5. The third-order valence-electron chi connectivity index (χ3n) is 3.09. The van der Waals surface area contributed by atoms with Gasteiger partial charge in [0.05, 0.1) is 6.42 Å². The van der Waals surface area contributed by atoms with Crippen molar-refractivity contribution in [3.05, 3.63) is 58.1 Å². The van der Waals surface area contributed by atoms with E-state index < -0.39 is 11.9 Å². The first-order valence-electron chi connectivity index (χ1n) is 6.93. The average Bonchev–Trinajstić information content (AvgIpc) is 2.51. The first kappa shape index (κ1) is 17.0. The fraction of sp³-hybridized carbons (Fsp3) is 0.176. The summed E-state index contributed by atoms with van der Waals surface area (Å²) in [5.41, 5.74) is 2.34. The number of halogens is 1. The largest absolute Gasteiger partial charge is 0.508 e. The predicted octanol–water partition coefficient (Wildman–Crippen LogP) is 3.19. The Morgan fingerprint density at radius 1 is 1.17 bits per heavy atom. The average molecular weight is 378 g/mol. The molecule has 0 aliphatic heterocycles. The minimum absolute atomic E-state index is 0.0466. The van der Waals surface area contributed by atoms with E-state index in [0.29, 0.717) is 11.3 Å². The number of anilines is 1. The van der Waals surface area contributed by atoms with Crippen LogP contribution in [0.1, 0.15) is 11.1 Å². The van der Waals surface area contributed by atoms with Crippen LogP contribution in [0.2, 0.25) is 0 Å². The quantitative estimate of drug-likeness (QED) is 0.784. The van der Waals surface area contributed by atoms with Crippen molar-refractivity contribution in [2.75, 3.05) is 11.9 Å². The van der Waals surface area contributed by atoms with Crippen molar-refractivity contribution >= 4 is 33.5 Å². The van der Waals surface area contributed by atoms with Gasteiger partial charge < -0.3 is 15.2 Å². The number of phenols is 1. The molecular formula is C17H16BrNO4. The van der Waals surface area contributed by atoms with Gasteiger partial charge in [0.15, 0.2) is 6.61 Å². The molecule has 0 aliphatic rings. The highest BCUT2D eigenvalue weighted by molar-refractivity contribution is 9.10. The Morgan fingerprint density at radius 3 is 2.52 bits per heavy atom. The zero-order valence-corrected chi connectivity index (χ0v) is 14.1. The summed E-state index contributed by atoms with van der Waals surface area (Å²) in [6, 6.07) is 11.6. The van der Waals surface area contributed by atoms with Crippen molar-refractivity contribution in [2.24, 2.45) is 0 Å². The van der Waals surface area contributed by atoms with Crippen LogP contribution in [-0.4, -0.2) is 23.6 Å². The van der Waals surface area contributed by atoms with Crippen LogP contribution < -0.4 is 5.32 Å². The lowest BCUT2D eigenvalue weighted by Crippen LogP contribution is -2.21. The van der Waals surface area contributed by atoms with Gasteiger partial charge in [0.2, 0.25) is 0 Å². The number of benzene rings is 2. The molecule has 6 heteroatoms. The lowest BCUT2D eigenvalue weighted by Gasteiger charge is -2.08. The van der Waals surface area contributed by atoms with Crippen LogP contribution in [0.4, 0.5) is 5.69 Å². The Morgan fingerprint density at radius 2 is 1.87 bits per heavy atom. The number of hydrogen-bond acceptors (Lipinski definition) is 4. The van der Waals surface area contributed by atoms with Crippen LogP contribution in [0, 0.1) is 6.92 Å². The molecule has 1 amide bonds. The Labute approximate surface area is 142 Å². The number of carbonyl (C=O) groups is 2. The van der Waals surface area contributed by atoms with Gasteiger partial charge in [-0.2, -0.15) is 0 Å². The smallest absolute Gasteiger partial charge is 0.310 e. The highest BCUT2D eigenvalue weighted by atomic mass is 79.9. The molecule has 0 saturated carbocycles. The predicted molar refractivity (Wildman–Crippen MR) is 90.3 cm³/mol. The number of phenolic OH excluding ortho intramolecular Hbond substituents is 1. The summed E-state index contributed by atoms with van der Waals surface area (Å²) in [5.74, 6) is -0.769. The van der Waals surface area contributed by atoms with Crippen molar-refractivity contribution in [1.29, 1.82) is 0 Å². The van der Waals surface area contributed by atoms with E-state index in [2.05, 4.69) is 21.2 Å². The minimum atomic E-state index is -0.502. The third kappa shape index (κ3) is 5.41. The SMILES string of the molecule is Cc1cc(NC(=O)COC(=O)Cc2ccc(O)cc2)ccc1Br. The van der Waals surface area contributed by atoms with E-state index in [-0.39, 0.29) is 18.8 Å². The summed E-state index contributed by atoms with van der Waals surface area (Å²) in [6.45, 7) is 1.57. The summed E-state index contributed by atoms with van der Waals surface area (Å²) in [7, 11) is 0. The monoisotopic (exact) mass is 377 g/mol. The van der Waals surface area contributed by atoms with Crippen LogP contribution in [-0.2, 0) is 20.7 Å². The standard InChI is InChI=1S/C17H16BrNO4/c1-11-8-13(4-7-15(11)18)19-16(21)10-23-17(22)9-12-2-5-14(20)6-3-12/h2-8,20H,9-10H2,1H3,(H,19,21). The zero-order chi connectivity index (χ0) is 16.8. The molecule has 0 spiro atoms. The number of aromatic hydroxyl groups is 1. The molecule has 0 aliphatic carbocycles. The summed E-state index contributed by atoms with van der Waals surface area (Å²) in [4.78, 5) is 23.5. The number of esters is 1. The van der Waals surface area contributed by atoms with Gasteiger partial charge in [0.25, 0.3) is 5.91 Å². The van der Waals surface area contributed by atoms with E-state index in [4.69, 9.17) is 4.74 Å². The van der Waals surface area contributed by atoms with Crippen molar-refractivity contribution in [2.45, 2.75) is 13.3 Å². The van der Waals surface area contributed by atoms with Crippen molar-refractivity contribution in [1.82, 2.24) is 0 Å². The maximum absolute atomic E-state index is 11.8. The van der Waals surface area contributed by atoms with Gasteiger partial charge in [-0.25, -0.2) is 0 Å². The first-order chi connectivity index (χ1) is 10.9. The van der Waals surface area contributed by atoms with Crippen LogP contribution in [0.15, 0.2) is 46.9 Å². The molecule has 0 saturated heterocycles. The van der Waals surface area contributed by atoms with Gasteiger partial charge in [-0.05, 0) is 48.4 Å². The number of hydrogen-bond donors (Lipinski definition) is 2. The normalized spacial score (nSPS) is 10.2. The van der Waals surface area contributed by atoms with E-state index in [1.54, 1.807) is 18.2 Å². The molecule has 5 nitrogen and oxygen atoms in total. The molecule has 2 aromatic rings. The molecule has 0 fully saturated rings. The highest BCUT2D eigenvalue weighted by Gasteiger charge is 2.09. The number of amides is 1. The number of ether oxygens (including phenoxy) is 1. The Bertz CT molecular complexity index is 713. The van der Waals surface area contributed by atoms with E-state index in [9.17, 15) is 14.7 Å². The lowest BCUT2D eigenvalue weighted by molar-refractivity contribution is -0.146. The molecule has 0 heterocycles. The summed E-state index contributed by atoms with van der Waals surface area (Å²) >= 11 is 3.38. The van der Waals surface area contributed by atoms with Gasteiger partial charge >= 0.3 is 5.97 Å². The number of carbonyl (C=O) groups excluding carboxylic acids is 2. The molecule has 120 valence electrons. The van der Waals surface area contributed by atoms with Gasteiger partial charge in [-0.15, -0.1) is 0 Å². The van der Waals surface area contributed by atoms with Crippen molar-refractivity contribution in [3.63, 3.8) is 0 Å². The fourth-order valence-electron chi connectivity index (χ4n) is 1.90. The second-order valence-corrected chi connectivity index (χ2v) is 5.87. The molecule has 0 unspecified atom stereocenters. The molecule has 0 radical (unpaired) electrons. The van der Waals surface area contributed by atoms with Crippen LogP contribution >= 0.6 is 15.9 Å². The highest BCUT2D eigenvalue weighted by Crippen LogP contribution is 2.19. The van der Waals surface area contributed by atoms with Crippen LogP contribution in [0.3, 0.4) is 0 Å². The van der Waals surface area contributed by atoms with E-state index >= 15 is 0 Å². The summed E-state index contributed by atoms with van der Waals surface area (Å²) < 4.78 is 5.90.